The molecule has 8 nitrogen and oxygen atoms in total. The van der Waals surface area contributed by atoms with E-state index in [0.29, 0.717) is 29.9 Å². The van der Waals surface area contributed by atoms with Gasteiger partial charge in [0.05, 0.1) is 29.9 Å². The number of benzene rings is 1. The lowest BCUT2D eigenvalue weighted by Crippen LogP contribution is -2.65. The van der Waals surface area contributed by atoms with Gasteiger partial charge in [0, 0.05) is 12.0 Å². The first-order valence-corrected chi connectivity index (χ1v) is 15.3. The molecule has 0 aromatic heterocycles. The molecule has 40 heavy (non-hydrogen) atoms. The zero-order valence-electron chi connectivity index (χ0n) is 24.6. The van der Waals surface area contributed by atoms with Crippen LogP contribution in [0.3, 0.4) is 0 Å². The van der Waals surface area contributed by atoms with Crippen molar-refractivity contribution < 1.29 is 23.7 Å². The van der Waals surface area contributed by atoms with Crippen molar-refractivity contribution in [1.82, 2.24) is 10.6 Å². The van der Waals surface area contributed by atoms with E-state index >= 15 is 0 Å². The number of hydrogen-bond acceptors (Lipinski definition) is 6. The van der Waals surface area contributed by atoms with E-state index in [4.69, 9.17) is 14.1 Å². The lowest BCUT2D eigenvalue weighted by molar-refractivity contribution is -0.199. The molecule has 3 saturated carbocycles. The molecule has 0 spiro atoms. The molecule has 4 fully saturated rings. The molecule has 1 aromatic carbocycles. The molecule has 4 aliphatic carbocycles. The first kappa shape index (κ1) is 27.8. The summed E-state index contributed by atoms with van der Waals surface area (Å²) in [5.41, 5.74) is 3.79. The van der Waals surface area contributed by atoms with Crippen molar-refractivity contribution in [3.8, 4) is 0 Å². The number of carbonyl (C=O) groups excluding carboxylic acids is 2. The van der Waals surface area contributed by atoms with Crippen molar-refractivity contribution >= 4 is 24.6 Å². The molecule has 9 heteroatoms. The van der Waals surface area contributed by atoms with Crippen molar-refractivity contribution in [2.45, 2.75) is 110 Å². The van der Waals surface area contributed by atoms with Crippen molar-refractivity contribution in [1.29, 1.82) is 0 Å². The Balaban J connectivity index is 1.04. The van der Waals surface area contributed by atoms with Crippen LogP contribution in [0.2, 0.25) is 0 Å². The summed E-state index contributed by atoms with van der Waals surface area (Å²) in [6.07, 6.45) is 6.89. The summed E-state index contributed by atoms with van der Waals surface area (Å²) >= 11 is 0. The number of amides is 2. The zero-order chi connectivity index (χ0) is 28.2. The second-order valence-electron chi connectivity index (χ2n) is 13.9. The molecule has 1 aromatic rings. The van der Waals surface area contributed by atoms with Crippen LogP contribution in [0.1, 0.15) is 94.6 Å². The van der Waals surface area contributed by atoms with E-state index in [1.807, 2.05) is 12.1 Å². The molecule has 2 bridgehead atoms. The molecule has 1 unspecified atom stereocenters. The summed E-state index contributed by atoms with van der Waals surface area (Å²) < 4.78 is 13.2. The highest BCUT2D eigenvalue weighted by Gasteiger charge is 2.68. The quantitative estimate of drug-likeness (QED) is 0.473. The molecule has 0 radical (unpaired) electrons. The average molecular weight is 550 g/mol. The highest BCUT2D eigenvalue weighted by molar-refractivity contribution is 6.48. The first-order valence-electron chi connectivity index (χ1n) is 15.3. The minimum absolute atomic E-state index is 0.0670. The summed E-state index contributed by atoms with van der Waals surface area (Å²) in [6.45, 7) is 11.4. The van der Waals surface area contributed by atoms with Crippen molar-refractivity contribution in [3.05, 3.63) is 34.9 Å². The number of hydrogen-bond donors (Lipinski definition) is 2. The van der Waals surface area contributed by atoms with Gasteiger partial charge in [-0.3, -0.25) is 9.59 Å². The van der Waals surface area contributed by atoms with Gasteiger partial charge < -0.3 is 24.8 Å². The number of nitrogens with zero attached hydrogens (tertiary/aromatic N) is 1. The summed E-state index contributed by atoms with van der Waals surface area (Å²) in [5, 5.41) is 10.3. The minimum atomic E-state index is -0.725. The molecule has 6 aliphatic rings. The Hall–Kier alpha value is -2.39. The Morgan fingerprint density at radius 2 is 1.95 bits per heavy atom. The smallest absolute Gasteiger partial charge is 0.404 e. The third-order valence-corrected chi connectivity index (χ3v) is 10.5. The molecular weight excluding hydrogens is 505 g/mol. The number of rotatable bonds is 8. The summed E-state index contributed by atoms with van der Waals surface area (Å²) in [5.74, 6) is 0.906. The van der Waals surface area contributed by atoms with Gasteiger partial charge in [0.15, 0.2) is 0 Å². The average Bonchev–Trinajstić information content (AvgIpc) is 3.54. The molecular formula is C31H44BN3O5. The SMILES string of the molecule is CC(C)C[C@H](NC(=O)C1CC(CNC(=O)c2cccc3c2CCCC3)=NO1)B1O[C@@H]2C[C@@H]3C[C@@H](C3(C)C)[C@]2(C)O1. The Labute approximate surface area is 238 Å². The summed E-state index contributed by atoms with van der Waals surface area (Å²) in [4.78, 5) is 31.8. The van der Waals surface area contributed by atoms with E-state index in [2.05, 4.69) is 56.5 Å². The van der Waals surface area contributed by atoms with Crippen LogP contribution in [0, 0.1) is 23.2 Å². The normalized spacial score (nSPS) is 32.4. The van der Waals surface area contributed by atoms with Gasteiger partial charge in [-0.25, -0.2) is 0 Å². The van der Waals surface area contributed by atoms with Crippen LogP contribution < -0.4 is 10.6 Å². The fourth-order valence-corrected chi connectivity index (χ4v) is 8.04. The minimum Gasteiger partial charge on any atom is -0.404 e. The van der Waals surface area contributed by atoms with Crippen LogP contribution in [0.4, 0.5) is 0 Å². The first-order chi connectivity index (χ1) is 19.1. The van der Waals surface area contributed by atoms with Crippen LogP contribution in [0.25, 0.3) is 0 Å². The fourth-order valence-electron chi connectivity index (χ4n) is 8.04. The van der Waals surface area contributed by atoms with E-state index < -0.39 is 13.2 Å². The van der Waals surface area contributed by atoms with E-state index in [-0.39, 0.29) is 41.4 Å². The van der Waals surface area contributed by atoms with Crippen LogP contribution in [-0.2, 0) is 31.8 Å². The van der Waals surface area contributed by atoms with Crippen LogP contribution in [-0.4, -0.2) is 54.9 Å². The van der Waals surface area contributed by atoms with E-state index in [1.54, 1.807) is 0 Å². The summed E-state index contributed by atoms with van der Waals surface area (Å²) in [6, 6.07) is 5.97. The van der Waals surface area contributed by atoms with E-state index in [0.717, 1.165) is 43.2 Å². The maximum absolute atomic E-state index is 13.3. The van der Waals surface area contributed by atoms with Crippen LogP contribution >= 0.6 is 0 Å². The molecule has 2 amide bonds. The summed E-state index contributed by atoms with van der Waals surface area (Å²) in [7, 11) is -0.477. The van der Waals surface area contributed by atoms with Gasteiger partial charge in [-0.2, -0.15) is 0 Å². The van der Waals surface area contributed by atoms with Crippen LogP contribution in [0.5, 0.6) is 0 Å². The second kappa shape index (κ2) is 10.5. The molecule has 6 atom stereocenters. The van der Waals surface area contributed by atoms with Gasteiger partial charge in [-0.1, -0.05) is 45.0 Å². The highest BCUT2D eigenvalue weighted by atomic mass is 16.7. The maximum Gasteiger partial charge on any atom is 0.481 e. The largest absolute Gasteiger partial charge is 0.481 e. The Bertz CT molecular complexity index is 1200. The van der Waals surface area contributed by atoms with E-state index in [1.165, 1.54) is 18.4 Å². The Kier molecular flexibility index (Phi) is 7.27. The Morgan fingerprint density at radius 1 is 1.15 bits per heavy atom. The van der Waals surface area contributed by atoms with Gasteiger partial charge in [-0.05, 0) is 92.2 Å². The van der Waals surface area contributed by atoms with Crippen molar-refractivity contribution in [2.24, 2.45) is 28.3 Å². The third-order valence-electron chi connectivity index (χ3n) is 10.5. The maximum atomic E-state index is 13.3. The number of oxime groups is 1. The number of aryl methyl sites for hydroxylation is 1. The lowest BCUT2D eigenvalue weighted by atomic mass is 9.43. The van der Waals surface area contributed by atoms with Gasteiger partial charge in [-0.15, -0.1) is 0 Å². The third kappa shape index (κ3) is 4.87. The monoisotopic (exact) mass is 549 g/mol. The predicted molar refractivity (Wildman–Crippen MR) is 154 cm³/mol. The Morgan fingerprint density at radius 3 is 2.73 bits per heavy atom. The standard InChI is InChI=1S/C31H44BN3O5/c1-18(2)13-27(32-38-26-15-20-14-25(30(20,3)4)31(26,5)40-32)34-29(37)24-16-21(35-39-24)17-33-28(36)23-12-8-10-19-9-6-7-11-22(19)23/h8,10,12,18,20,24-27H,6-7,9,11,13-17H2,1-5H3,(H,33,36)(H,34,37)/t20-,24?,25-,26+,27-,31-/m0/s1. The van der Waals surface area contributed by atoms with E-state index in [9.17, 15) is 9.59 Å². The lowest BCUT2D eigenvalue weighted by Gasteiger charge is -2.64. The fraction of sp³-hybridized carbons (Fsp3) is 0.710. The van der Waals surface area contributed by atoms with Crippen molar-refractivity contribution in [3.63, 3.8) is 0 Å². The molecule has 7 rings (SSSR count). The second-order valence-corrected chi connectivity index (χ2v) is 13.9. The van der Waals surface area contributed by atoms with Gasteiger partial charge in [0.1, 0.15) is 0 Å². The van der Waals surface area contributed by atoms with Gasteiger partial charge >= 0.3 is 7.12 Å². The van der Waals surface area contributed by atoms with Crippen LogP contribution in [0.15, 0.2) is 23.4 Å². The topological polar surface area (TPSA) is 98.3 Å². The molecule has 2 aliphatic heterocycles. The molecule has 2 N–H and O–H groups in total. The number of fused-ring (bicyclic) bond motifs is 1. The molecule has 2 heterocycles. The molecule has 1 saturated heterocycles. The highest BCUT2D eigenvalue weighted by Crippen LogP contribution is 2.65. The zero-order valence-corrected chi connectivity index (χ0v) is 24.6. The molecule has 216 valence electrons. The predicted octanol–water partition coefficient (Wildman–Crippen LogP) is 4.24. The van der Waals surface area contributed by atoms with Gasteiger partial charge in [0.25, 0.3) is 11.8 Å². The van der Waals surface area contributed by atoms with Crippen molar-refractivity contribution in [2.75, 3.05) is 6.54 Å². The number of nitrogens with one attached hydrogen (secondary N) is 2. The van der Waals surface area contributed by atoms with Gasteiger partial charge in [0.2, 0.25) is 6.10 Å². The number of carbonyl (C=O) groups is 2.